The van der Waals surface area contributed by atoms with Gasteiger partial charge in [0.25, 0.3) is 5.91 Å². The fourth-order valence-corrected chi connectivity index (χ4v) is 4.15. The van der Waals surface area contributed by atoms with Crippen LogP contribution in [0.4, 0.5) is 5.69 Å². The van der Waals surface area contributed by atoms with E-state index in [9.17, 15) is 4.79 Å². The van der Waals surface area contributed by atoms with Gasteiger partial charge in [0.05, 0.1) is 12.1 Å². The van der Waals surface area contributed by atoms with Crippen molar-refractivity contribution in [3.05, 3.63) is 64.2 Å². The number of fused-ring (bicyclic) bond motifs is 1. The Kier molecular flexibility index (Phi) is 5.17. The first kappa shape index (κ1) is 18.1. The predicted molar refractivity (Wildman–Crippen MR) is 110 cm³/mol. The van der Waals surface area contributed by atoms with Crippen LogP contribution < -0.4 is 16.0 Å². The lowest BCUT2D eigenvalue weighted by Gasteiger charge is -2.29. The summed E-state index contributed by atoms with van der Waals surface area (Å²) < 4.78 is 0. The first-order valence-electron chi connectivity index (χ1n) is 10.1. The van der Waals surface area contributed by atoms with Crippen molar-refractivity contribution in [3.63, 3.8) is 0 Å². The second kappa shape index (κ2) is 7.73. The number of hydrogen-bond donors (Lipinski definition) is 3. The molecule has 27 heavy (non-hydrogen) atoms. The second-order valence-electron chi connectivity index (χ2n) is 7.92. The third-order valence-corrected chi connectivity index (χ3v) is 5.88. The van der Waals surface area contributed by atoms with Crippen molar-refractivity contribution in [3.8, 4) is 0 Å². The molecule has 0 saturated carbocycles. The summed E-state index contributed by atoms with van der Waals surface area (Å²) in [5.74, 6) is 0.00352. The molecule has 2 aliphatic rings. The van der Waals surface area contributed by atoms with E-state index >= 15 is 0 Å². The lowest BCUT2D eigenvalue weighted by atomic mass is 9.86. The zero-order chi connectivity index (χ0) is 18.8. The minimum atomic E-state index is 0.00352. The molecule has 1 fully saturated rings. The Hall–Kier alpha value is -2.33. The quantitative estimate of drug-likeness (QED) is 0.758. The summed E-state index contributed by atoms with van der Waals surface area (Å²) in [6, 6.07) is 13.1. The van der Waals surface area contributed by atoms with Crippen LogP contribution in [0.3, 0.4) is 0 Å². The number of hydrogen-bond acceptors (Lipinski definition) is 3. The maximum absolute atomic E-state index is 13.0. The SMILES string of the molecule is Cc1ccc(NC2CNC2)cc1C(=O)NC(C)c1cccc2c1CCCC2. The molecule has 1 atom stereocenters. The Morgan fingerprint density at radius 2 is 1.96 bits per heavy atom. The van der Waals surface area contributed by atoms with Crippen LogP contribution in [0.25, 0.3) is 0 Å². The third-order valence-electron chi connectivity index (χ3n) is 5.88. The Balaban J connectivity index is 1.51. The van der Waals surface area contributed by atoms with E-state index in [1.54, 1.807) is 0 Å². The highest BCUT2D eigenvalue weighted by molar-refractivity contribution is 5.96. The Morgan fingerprint density at radius 3 is 2.74 bits per heavy atom. The summed E-state index contributed by atoms with van der Waals surface area (Å²) >= 11 is 0. The van der Waals surface area contributed by atoms with Gasteiger partial charge in [-0.15, -0.1) is 0 Å². The molecule has 4 nitrogen and oxygen atoms in total. The van der Waals surface area contributed by atoms with Gasteiger partial charge in [-0.2, -0.15) is 0 Å². The molecular weight excluding hydrogens is 334 g/mol. The Morgan fingerprint density at radius 1 is 1.15 bits per heavy atom. The maximum atomic E-state index is 13.0. The van der Waals surface area contributed by atoms with Gasteiger partial charge in [-0.1, -0.05) is 24.3 Å². The highest BCUT2D eigenvalue weighted by atomic mass is 16.1. The topological polar surface area (TPSA) is 53.2 Å². The molecule has 3 N–H and O–H groups in total. The molecule has 4 heteroatoms. The van der Waals surface area contributed by atoms with Gasteiger partial charge in [-0.3, -0.25) is 4.79 Å². The minimum absolute atomic E-state index is 0.00352. The van der Waals surface area contributed by atoms with Crippen LogP contribution in [-0.2, 0) is 12.8 Å². The highest BCUT2D eigenvalue weighted by Crippen LogP contribution is 2.28. The minimum Gasteiger partial charge on any atom is -0.380 e. The van der Waals surface area contributed by atoms with E-state index in [0.717, 1.165) is 42.7 Å². The van der Waals surface area contributed by atoms with Crippen LogP contribution in [-0.4, -0.2) is 25.0 Å². The Labute approximate surface area is 161 Å². The number of carbonyl (C=O) groups excluding carboxylic acids is 1. The van der Waals surface area contributed by atoms with Crippen molar-refractivity contribution in [2.75, 3.05) is 18.4 Å². The Bertz CT molecular complexity index is 842. The standard InChI is InChI=1S/C23H29N3O/c1-15-10-11-18(26-19-13-24-14-19)12-22(15)23(27)25-16(2)20-9-5-7-17-6-3-4-8-21(17)20/h5,7,9-12,16,19,24,26H,3-4,6,8,13-14H2,1-2H3,(H,25,27). The molecule has 1 saturated heterocycles. The number of anilines is 1. The average molecular weight is 364 g/mol. The molecule has 1 aliphatic carbocycles. The maximum Gasteiger partial charge on any atom is 0.252 e. The van der Waals surface area contributed by atoms with Crippen molar-refractivity contribution in [1.82, 2.24) is 10.6 Å². The lowest BCUT2D eigenvalue weighted by Crippen LogP contribution is -2.51. The van der Waals surface area contributed by atoms with Crippen molar-refractivity contribution < 1.29 is 4.79 Å². The summed E-state index contributed by atoms with van der Waals surface area (Å²) in [6.45, 7) is 6.05. The second-order valence-corrected chi connectivity index (χ2v) is 7.92. The first-order valence-corrected chi connectivity index (χ1v) is 10.1. The lowest BCUT2D eigenvalue weighted by molar-refractivity contribution is 0.0939. The summed E-state index contributed by atoms with van der Waals surface area (Å²) in [4.78, 5) is 13.0. The van der Waals surface area contributed by atoms with Gasteiger partial charge < -0.3 is 16.0 Å². The van der Waals surface area contributed by atoms with Crippen molar-refractivity contribution >= 4 is 11.6 Å². The van der Waals surface area contributed by atoms with Gasteiger partial charge in [0.1, 0.15) is 0 Å². The first-order chi connectivity index (χ1) is 13.1. The normalized spacial score (nSPS) is 17.6. The number of amides is 1. The van der Waals surface area contributed by atoms with E-state index < -0.39 is 0 Å². The zero-order valence-corrected chi connectivity index (χ0v) is 16.3. The van der Waals surface area contributed by atoms with E-state index in [1.165, 1.54) is 29.5 Å². The molecule has 1 aliphatic heterocycles. The van der Waals surface area contributed by atoms with Crippen molar-refractivity contribution in [2.24, 2.45) is 0 Å². The van der Waals surface area contributed by atoms with Crippen LogP contribution in [0, 0.1) is 6.92 Å². The number of carbonyl (C=O) groups is 1. The van der Waals surface area contributed by atoms with Gasteiger partial charge in [0.2, 0.25) is 0 Å². The van der Waals surface area contributed by atoms with Gasteiger partial charge in [0, 0.05) is 24.3 Å². The third kappa shape index (κ3) is 3.86. The molecule has 0 radical (unpaired) electrons. The van der Waals surface area contributed by atoms with Gasteiger partial charge >= 0.3 is 0 Å². The molecule has 0 spiro atoms. The monoisotopic (exact) mass is 363 g/mol. The number of nitrogens with one attached hydrogen (secondary N) is 3. The van der Waals surface area contributed by atoms with E-state index in [2.05, 4.69) is 47.1 Å². The van der Waals surface area contributed by atoms with Gasteiger partial charge in [0.15, 0.2) is 0 Å². The highest BCUT2D eigenvalue weighted by Gasteiger charge is 2.20. The smallest absolute Gasteiger partial charge is 0.252 e. The van der Waals surface area contributed by atoms with Crippen LogP contribution in [0.2, 0.25) is 0 Å². The van der Waals surface area contributed by atoms with Crippen LogP contribution in [0.1, 0.15) is 58.4 Å². The zero-order valence-electron chi connectivity index (χ0n) is 16.3. The summed E-state index contributed by atoms with van der Waals surface area (Å²) in [6.07, 6.45) is 4.80. The van der Waals surface area contributed by atoms with Gasteiger partial charge in [-0.05, 0) is 73.9 Å². The molecule has 1 unspecified atom stereocenters. The average Bonchev–Trinajstić information content (AvgIpc) is 2.65. The van der Waals surface area contributed by atoms with Crippen LogP contribution in [0.15, 0.2) is 36.4 Å². The van der Waals surface area contributed by atoms with E-state index in [4.69, 9.17) is 0 Å². The van der Waals surface area contributed by atoms with E-state index in [1.807, 2.05) is 19.1 Å². The molecule has 4 rings (SSSR count). The molecule has 2 aromatic rings. The predicted octanol–water partition coefficient (Wildman–Crippen LogP) is 3.75. The largest absolute Gasteiger partial charge is 0.380 e. The number of rotatable bonds is 5. The molecule has 2 aromatic carbocycles. The molecule has 0 bridgehead atoms. The molecule has 1 amide bonds. The van der Waals surface area contributed by atoms with E-state index in [-0.39, 0.29) is 11.9 Å². The number of benzene rings is 2. The van der Waals surface area contributed by atoms with Crippen molar-refractivity contribution in [1.29, 1.82) is 0 Å². The van der Waals surface area contributed by atoms with Crippen LogP contribution >= 0.6 is 0 Å². The van der Waals surface area contributed by atoms with E-state index in [0.29, 0.717) is 6.04 Å². The van der Waals surface area contributed by atoms with Gasteiger partial charge in [-0.25, -0.2) is 0 Å². The molecule has 0 aromatic heterocycles. The fourth-order valence-electron chi connectivity index (χ4n) is 4.15. The van der Waals surface area contributed by atoms with Crippen molar-refractivity contribution in [2.45, 2.75) is 51.6 Å². The molecular formula is C23H29N3O. The molecule has 1 heterocycles. The van der Waals surface area contributed by atoms with Crippen LogP contribution in [0.5, 0.6) is 0 Å². The summed E-state index contributed by atoms with van der Waals surface area (Å²) in [7, 11) is 0. The fraction of sp³-hybridized carbons (Fsp3) is 0.435. The summed E-state index contributed by atoms with van der Waals surface area (Å²) in [5.41, 5.74) is 6.95. The number of aryl methyl sites for hydroxylation is 2. The summed E-state index contributed by atoms with van der Waals surface area (Å²) in [5, 5.41) is 9.97. The molecule has 142 valence electrons.